The van der Waals surface area contributed by atoms with Gasteiger partial charge in [0.25, 0.3) is 0 Å². The number of imidazole rings is 2. The maximum Gasteiger partial charge on any atom is 0.411 e. The van der Waals surface area contributed by atoms with Gasteiger partial charge in [0.05, 0.1) is 33.8 Å². The van der Waals surface area contributed by atoms with Crippen molar-refractivity contribution in [2.45, 2.75) is 103 Å². The second-order valence-electron chi connectivity index (χ2n) is 16.8. The van der Waals surface area contributed by atoms with E-state index in [1.165, 1.54) is 0 Å². The molecule has 264 valence electrons. The molecule has 10 nitrogen and oxygen atoms in total. The Hall–Kier alpha value is -4.57. The van der Waals surface area contributed by atoms with E-state index in [4.69, 9.17) is 31.0 Å². The lowest BCUT2D eigenvalue weighted by molar-refractivity contribution is 0.0164. The summed E-state index contributed by atoms with van der Waals surface area (Å²) in [5.41, 5.74) is 4.51. The highest BCUT2D eigenvalue weighted by molar-refractivity contribution is 6.37. The number of fused-ring (bicyclic) bond motifs is 5. The molecular formula is C40H43ClN6O4. The van der Waals surface area contributed by atoms with Crippen molar-refractivity contribution in [2.75, 3.05) is 0 Å². The van der Waals surface area contributed by atoms with Crippen molar-refractivity contribution in [2.24, 2.45) is 11.8 Å². The smallest absolute Gasteiger partial charge is 0.411 e. The number of ether oxygens (including phenoxy) is 2. The number of nitrogens with one attached hydrogen (secondary N) is 2. The zero-order valence-electron chi connectivity index (χ0n) is 29.8. The van der Waals surface area contributed by atoms with Crippen molar-refractivity contribution < 1.29 is 19.1 Å². The molecule has 4 fully saturated rings. The van der Waals surface area contributed by atoms with E-state index in [0.717, 1.165) is 81.5 Å². The van der Waals surface area contributed by atoms with E-state index in [0.29, 0.717) is 16.9 Å². The van der Waals surface area contributed by atoms with Crippen LogP contribution in [0.1, 0.15) is 91.0 Å². The molecule has 2 saturated heterocycles. The first-order chi connectivity index (χ1) is 24.2. The van der Waals surface area contributed by atoms with Gasteiger partial charge in [0.2, 0.25) is 0 Å². The predicted octanol–water partition coefficient (Wildman–Crippen LogP) is 9.57. The number of carbonyl (C=O) groups excluding carboxylic acids is 2. The highest BCUT2D eigenvalue weighted by atomic mass is 35.5. The lowest BCUT2D eigenvalue weighted by atomic mass is 9.99. The van der Waals surface area contributed by atoms with Crippen LogP contribution in [0.25, 0.3) is 44.2 Å². The minimum atomic E-state index is -0.560. The monoisotopic (exact) mass is 706 g/mol. The molecule has 11 heteroatoms. The van der Waals surface area contributed by atoms with Crippen molar-refractivity contribution in [1.29, 1.82) is 0 Å². The van der Waals surface area contributed by atoms with E-state index in [9.17, 15) is 9.59 Å². The number of aromatic nitrogens is 4. The van der Waals surface area contributed by atoms with Crippen LogP contribution in [0.5, 0.6) is 0 Å². The molecule has 0 bridgehead atoms. The second-order valence-corrected chi connectivity index (χ2v) is 17.2. The average molecular weight is 707 g/mol. The Balaban J connectivity index is 0.955. The van der Waals surface area contributed by atoms with E-state index in [1.807, 2.05) is 63.6 Å². The summed E-state index contributed by atoms with van der Waals surface area (Å²) in [6.07, 6.45) is 5.21. The lowest BCUT2D eigenvalue weighted by Crippen LogP contribution is -2.38. The number of nitrogens with zero attached hydrogens (tertiary/aromatic N) is 4. The van der Waals surface area contributed by atoms with Crippen LogP contribution < -0.4 is 0 Å². The second kappa shape index (κ2) is 11.2. The van der Waals surface area contributed by atoms with Crippen molar-refractivity contribution in [3.8, 4) is 22.4 Å². The first kappa shape index (κ1) is 32.3. The van der Waals surface area contributed by atoms with Gasteiger partial charge < -0.3 is 19.4 Å². The molecule has 9 rings (SSSR count). The zero-order valence-corrected chi connectivity index (χ0v) is 30.5. The van der Waals surface area contributed by atoms with Crippen molar-refractivity contribution in [1.82, 2.24) is 29.7 Å². The Kier molecular flexibility index (Phi) is 7.11. The molecule has 4 aliphatic rings. The number of carbonyl (C=O) groups is 2. The Bertz CT molecular complexity index is 2210. The standard InChI is InChI=1S/C40H43ClN6O4/c1-39(2,3)50-37(48)46-30-14-23(30)16-32(46)35-42-19-29(44-35)21-9-7-20(8-10-21)22-11-12-25-26(13-22)27(41)18-28-34(25)45-36(43-28)33-17-24-15-31(24)47(33)38(49)51-40(4,5)6/h7-13,18-19,23-24,30-33H,14-17H2,1-6H3,(H,42,44)(H,43,45)/t23-,24-,30-,31-,32+,33+/m1/s1. The summed E-state index contributed by atoms with van der Waals surface area (Å²) in [5, 5.41) is 2.52. The van der Waals surface area contributed by atoms with Gasteiger partial charge in [-0.05, 0) is 102 Å². The van der Waals surface area contributed by atoms with Gasteiger partial charge in [-0.25, -0.2) is 19.6 Å². The van der Waals surface area contributed by atoms with E-state index in [2.05, 4.69) is 52.4 Å². The summed E-state index contributed by atoms with van der Waals surface area (Å²) in [5.74, 6) is 2.58. The number of amides is 2. The molecule has 0 unspecified atom stereocenters. The number of halogens is 1. The van der Waals surface area contributed by atoms with E-state index < -0.39 is 11.2 Å². The van der Waals surface area contributed by atoms with Crippen LogP contribution in [-0.2, 0) is 9.47 Å². The van der Waals surface area contributed by atoms with Gasteiger partial charge in [-0.2, -0.15) is 0 Å². The predicted molar refractivity (Wildman–Crippen MR) is 196 cm³/mol. The molecule has 2 amide bonds. The average Bonchev–Trinajstić information content (AvgIpc) is 3.68. The molecular weight excluding hydrogens is 664 g/mol. The van der Waals surface area contributed by atoms with Gasteiger partial charge in [-0.1, -0.05) is 48.0 Å². The molecule has 0 radical (unpaired) electrons. The van der Waals surface area contributed by atoms with Gasteiger partial charge in [-0.15, -0.1) is 0 Å². The fourth-order valence-corrected chi connectivity index (χ4v) is 8.52. The zero-order chi connectivity index (χ0) is 35.6. The molecule has 2 aromatic heterocycles. The van der Waals surface area contributed by atoms with Gasteiger partial charge in [-0.3, -0.25) is 9.80 Å². The molecule has 2 aliphatic heterocycles. The third kappa shape index (κ3) is 5.81. The van der Waals surface area contributed by atoms with Crippen LogP contribution in [0, 0.1) is 11.8 Å². The molecule has 5 aromatic rings. The van der Waals surface area contributed by atoms with E-state index in [-0.39, 0.29) is 36.4 Å². The number of benzene rings is 3. The van der Waals surface area contributed by atoms with Gasteiger partial charge in [0.15, 0.2) is 0 Å². The first-order valence-electron chi connectivity index (χ1n) is 18.0. The van der Waals surface area contributed by atoms with E-state index in [1.54, 1.807) is 0 Å². The topological polar surface area (TPSA) is 116 Å². The Morgan fingerprint density at radius 1 is 0.725 bits per heavy atom. The summed E-state index contributed by atoms with van der Waals surface area (Å²) in [4.78, 5) is 46.9. The molecule has 2 saturated carbocycles. The van der Waals surface area contributed by atoms with Gasteiger partial charge in [0.1, 0.15) is 22.9 Å². The Morgan fingerprint density at radius 3 is 1.90 bits per heavy atom. The molecule has 51 heavy (non-hydrogen) atoms. The largest absolute Gasteiger partial charge is 0.444 e. The Morgan fingerprint density at radius 2 is 1.29 bits per heavy atom. The third-order valence-electron chi connectivity index (χ3n) is 10.7. The summed E-state index contributed by atoms with van der Waals surface area (Å²) in [6, 6.07) is 16.8. The summed E-state index contributed by atoms with van der Waals surface area (Å²) < 4.78 is 11.5. The number of H-pyrrole nitrogens is 2. The van der Waals surface area contributed by atoms with Crippen LogP contribution in [-0.4, -0.2) is 65.2 Å². The molecule has 0 spiro atoms. The number of hydrogen-bond acceptors (Lipinski definition) is 6. The summed E-state index contributed by atoms with van der Waals surface area (Å²) in [6.45, 7) is 11.4. The highest BCUT2D eigenvalue weighted by Gasteiger charge is 2.57. The third-order valence-corrected chi connectivity index (χ3v) is 11.0. The fourth-order valence-electron chi connectivity index (χ4n) is 8.25. The Labute approximate surface area is 301 Å². The van der Waals surface area contributed by atoms with Crippen LogP contribution in [0.3, 0.4) is 0 Å². The van der Waals surface area contributed by atoms with Crippen molar-refractivity contribution >= 4 is 45.6 Å². The number of piperidine rings is 2. The minimum absolute atomic E-state index is 0.108. The number of hydrogen-bond donors (Lipinski definition) is 2. The molecule has 6 atom stereocenters. The quantitative estimate of drug-likeness (QED) is 0.192. The molecule has 2 aliphatic carbocycles. The van der Waals surface area contributed by atoms with Crippen LogP contribution in [0.2, 0.25) is 5.02 Å². The van der Waals surface area contributed by atoms with Gasteiger partial charge >= 0.3 is 12.2 Å². The number of likely N-dealkylation sites (tertiary alicyclic amines) is 2. The molecule has 4 heterocycles. The van der Waals surface area contributed by atoms with Crippen LogP contribution in [0.15, 0.2) is 54.7 Å². The SMILES string of the molecule is CC(C)(C)OC(=O)N1[C@@H]2C[C@@H]2C[C@H]1c1nc(-c2ccc(-c3ccc4c(c3)c(Cl)cc3[nH]c([C@@H]5C[C@H]6C[C@H]6N5C(=O)OC(C)(C)C)nc34)cc2)c[nH]1. The fraction of sp³-hybridized carbons (Fsp3) is 0.450. The minimum Gasteiger partial charge on any atom is -0.444 e. The maximum atomic E-state index is 13.2. The van der Waals surface area contributed by atoms with Crippen LogP contribution in [0.4, 0.5) is 9.59 Å². The number of rotatable bonds is 4. The molecule has 2 N–H and O–H groups in total. The normalized spacial score (nSPS) is 25.3. The maximum absolute atomic E-state index is 13.2. The number of aromatic amines is 2. The van der Waals surface area contributed by atoms with Crippen molar-refractivity contribution in [3.63, 3.8) is 0 Å². The summed E-state index contributed by atoms with van der Waals surface area (Å²) in [7, 11) is 0. The van der Waals surface area contributed by atoms with Crippen molar-refractivity contribution in [3.05, 3.63) is 71.4 Å². The van der Waals surface area contributed by atoms with E-state index >= 15 is 0 Å². The molecule has 3 aromatic carbocycles. The van der Waals surface area contributed by atoms with Gasteiger partial charge in [0, 0.05) is 34.6 Å². The summed E-state index contributed by atoms with van der Waals surface area (Å²) >= 11 is 6.90. The first-order valence-corrected chi connectivity index (χ1v) is 18.4. The van der Waals surface area contributed by atoms with Crippen LogP contribution >= 0.6 is 11.6 Å². The highest BCUT2D eigenvalue weighted by Crippen LogP contribution is 2.55. The lowest BCUT2D eigenvalue weighted by Gasteiger charge is -2.29.